The van der Waals surface area contributed by atoms with Crippen molar-refractivity contribution >= 4 is 0 Å². The molecule has 2 aromatic carbocycles. The first-order valence-electron chi connectivity index (χ1n) is 9.32. The van der Waals surface area contributed by atoms with Crippen LogP contribution in [0, 0.1) is 11.8 Å². The molecule has 0 bridgehead atoms. The number of nitrogens with zero attached hydrogens (tertiary/aromatic N) is 4. The molecule has 4 rings (SSSR count). The van der Waals surface area contributed by atoms with E-state index in [0.29, 0.717) is 12.4 Å². The van der Waals surface area contributed by atoms with Gasteiger partial charge in [-0.05, 0) is 38.1 Å². The molecule has 5 nitrogen and oxygen atoms in total. The van der Waals surface area contributed by atoms with Crippen molar-refractivity contribution in [2.75, 3.05) is 19.6 Å². The molecule has 3 aromatic rings. The normalized spacial score (nSPS) is 14.1. The minimum atomic E-state index is -0.171. The molecular weight excluding hydrogens is 336 g/mol. The Hall–Kier alpha value is -3.10. The summed E-state index contributed by atoms with van der Waals surface area (Å²) in [4.78, 5) is 15.3. The van der Waals surface area contributed by atoms with E-state index in [1.807, 2.05) is 60.7 Å². The zero-order valence-electron chi connectivity index (χ0n) is 15.2. The number of hydrogen-bond donors (Lipinski definition) is 0. The summed E-state index contributed by atoms with van der Waals surface area (Å²) in [5.41, 5.74) is 1.54. The van der Waals surface area contributed by atoms with Crippen LogP contribution in [0.1, 0.15) is 12.8 Å². The average Bonchev–Trinajstić information content (AvgIpc) is 3.35. The van der Waals surface area contributed by atoms with Crippen molar-refractivity contribution in [2.24, 2.45) is 0 Å². The minimum absolute atomic E-state index is 0.171. The predicted molar refractivity (Wildman–Crippen MR) is 107 cm³/mol. The molecule has 0 aliphatic carbocycles. The summed E-state index contributed by atoms with van der Waals surface area (Å²) < 4.78 is 3.10. The third-order valence-corrected chi connectivity index (χ3v) is 4.74. The maximum Gasteiger partial charge on any atom is 0.351 e. The number of benzene rings is 2. The number of aromatic nitrogens is 3. The summed E-state index contributed by atoms with van der Waals surface area (Å²) in [6.07, 6.45) is 2.51. The van der Waals surface area contributed by atoms with E-state index in [1.54, 1.807) is 4.57 Å². The summed E-state index contributed by atoms with van der Waals surface area (Å²) >= 11 is 0. The van der Waals surface area contributed by atoms with E-state index in [0.717, 1.165) is 30.9 Å². The van der Waals surface area contributed by atoms with Gasteiger partial charge >= 0.3 is 5.69 Å². The Balaban J connectivity index is 1.66. The molecule has 136 valence electrons. The smallest absolute Gasteiger partial charge is 0.292 e. The predicted octanol–water partition coefficient (Wildman–Crippen LogP) is 2.80. The average molecular weight is 358 g/mol. The van der Waals surface area contributed by atoms with Crippen molar-refractivity contribution in [1.29, 1.82) is 0 Å². The van der Waals surface area contributed by atoms with Crippen molar-refractivity contribution in [2.45, 2.75) is 19.4 Å². The van der Waals surface area contributed by atoms with Crippen molar-refractivity contribution in [1.82, 2.24) is 19.2 Å². The first kappa shape index (κ1) is 17.3. The third-order valence-electron chi connectivity index (χ3n) is 4.74. The Morgan fingerprint density at radius 3 is 2.19 bits per heavy atom. The summed E-state index contributed by atoms with van der Waals surface area (Å²) in [5.74, 6) is 6.92. The zero-order valence-corrected chi connectivity index (χ0v) is 15.2. The van der Waals surface area contributed by atoms with E-state index >= 15 is 0 Å². The van der Waals surface area contributed by atoms with Crippen LogP contribution in [0.2, 0.25) is 0 Å². The van der Waals surface area contributed by atoms with Gasteiger partial charge in [-0.1, -0.05) is 60.4 Å². The molecule has 1 aromatic heterocycles. The molecule has 27 heavy (non-hydrogen) atoms. The highest BCUT2D eigenvalue weighted by molar-refractivity contribution is 5.57. The minimum Gasteiger partial charge on any atom is -0.292 e. The molecule has 1 aliphatic rings. The molecule has 0 unspecified atom stereocenters. The molecule has 1 aliphatic heterocycles. The maximum absolute atomic E-state index is 13.0. The Kier molecular flexibility index (Phi) is 5.17. The first-order chi connectivity index (χ1) is 13.3. The summed E-state index contributed by atoms with van der Waals surface area (Å²) in [6, 6.07) is 19.4. The highest BCUT2D eigenvalue weighted by Gasteiger charge is 2.16. The SMILES string of the molecule is O=c1n(CC#CCN2CCCC2)nc(-c2ccccc2)n1-c1ccccc1. The first-order valence-corrected chi connectivity index (χ1v) is 9.32. The van der Waals surface area contributed by atoms with Gasteiger partial charge in [0.25, 0.3) is 0 Å². The van der Waals surface area contributed by atoms with Crippen LogP contribution in [0.3, 0.4) is 0 Å². The second-order valence-electron chi connectivity index (χ2n) is 6.64. The van der Waals surface area contributed by atoms with Crippen LogP contribution in [0.15, 0.2) is 65.5 Å². The fourth-order valence-corrected chi connectivity index (χ4v) is 3.33. The second-order valence-corrected chi connectivity index (χ2v) is 6.64. The topological polar surface area (TPSA) is 43.1 Å². The summed E-state index contributed by atoms with van der Waals surface area (Å²) in [5, 5.41) is 4.58. The molecule has 0 N–H and O–H groups in total. The van der Waals surface area contributed by atoms with Crippen LogP contribution in [0.25, 0.3) is 17.1 Å². The van der Waals surface area contributed by atoms with Crippen molar-refractivity contribution < 1.29 is 0 Å². The second kappa shape index (κ2) is 8.07. The van der Waals surface area contributed by atoms with Crippen LogP contribution in [0.4, 0.5) is 0 Å². The number of rotatable bonds is 4. The van der Waals surface area contributed by atoms with Gasteiger partial charge < -0.3 is 0 Å². The fourth-order valence-electron chi connectivity index (χ4n) is 3.33. The summed E-state index contributed by atoms with van der Waals surface area (Å²) in [7, 11) is 0. The molecule has 2 heterocycles. The van der Waals surface area contributed by atoms with Crippen LogP contribution >= 0.6 is 0 Å². The van der Waals surface area contributed by atoms with Crippen LogP contribution in [-0.4, -0.2) is 38.9 Å². The number of hydrogen-bond acceptors (Lipinski definition) is 3. The zero-order chi connectivity index (χ0) is 18.5. The number of para-hydroxylation sites is 1. The van der Waals surface area contributed by atoms with Gasteiger partial charge in [-0.15, -0.1) is 5.10 Å². The molecule has 1 saturated heterocycles. The Morgan fingerprint density at radius 1 is 0.852 bits per heavy atom. The monoisotopic (exact) mass is 358 g/mol. The molecule has 0 atom stereocenters. The molecular formula is C22H22N4O. The molecule has 0 saturated carbocycles. The van der Waals surface area contributed by atoms with Gasteiger partial charge in [0.1, 0.15) is 6.54 Å². The van der Waals surface area contributed by atoms with Gasteiger partial charge in [0, 0.05) is 5.56 Å². The van der Waals surface area contributed by atoms with Crippen molar-refractivity contribution in [3.05, 3.63) is 71.1 Å². The third kappa shape index (κ3) is 3.86. The quantitative estimate of drug-likeness (QED) is 0.674. The molecule has 5 heteroatoms. The van der Waals surface area contributed by atoms with Gasteiger partial charge in [0.15, 0.2) is 5.82 Å². The molecule has 0 amide bonds. The van der Waals surface area contributed by atoms with Gasteiger partial charge in [0.2, 0.25) is 0 Å². The van der Waals surface area contributed by atoms with Gasteiger partial charge in [0.05, 0.1) is 12.2 Å². The highest BCUT2D eigenvalue weighted by atomic mass is 16.2. The molecule has 0 radical (unpaired) electrons. The van der Waals surface area contributed by atoms with Crippen LogP contribution in [-0.2, 0) is 6.54 Å². The lowest BCUT2D eigenvalue weighted by Gasteiger charge is -2.08. The van der Waals surface area contributed by atoms with Crippen molar-refractivity contribution in [3.8, 4) is 28.9 Å². The van der Waals surface area contributed by atoms with E-state index in [9.17, 15) is 4.79 Å². The van der Waals surface area contributed by atoms with Gasteiger partial charge in [-0.25, -0.2) is 14.0 Å². The molecule has 0 spiro atoms. The van der Waals surface area contributed by atoms with Crippen molar-refractivity contribution in [3.63, 3.8) is 0 Å². The van der Waals surface area contributed by atoms with E-state index in [2.05, 4.69) is 21.8 Å². The van der Waals surface area contributed by atoms with E-state index < -0.39 is 0 Å². The Bertz CT molecular complexity index is 1000. The number of likely N-dealkylation sites (tertiary alicyclic amines) is 1. The lowest BCUT2D eigenvalue weighted by molar-refractivity contribution is 0.383. The lowest BCUT2D eigenvalue weighted by Crippen LogP contribution is -2.24. The maximum atomic E-state index is 13.0. The molecule has 1 fully saturated rings. The van der Waals surface area contributed by atoms with E-state index in [4.69, 9.17) is 0 Å². The largest absolute Gasteiger partial charge is 0.351 e. The summed E-state index contributed by atoms with van der Waals surface area (Å²) in [6.45, 7) is 3.30. The van der Waals surface area contributed by atoms with E-state index in [-0.39, 0.29) is 5.69 Å². The Morgan fingerprint density at radius 2 is 1.48 bits per heavy atom. The highest BCUT2D eigenvalue weighted by Crippen LogP contribution is 2.18. The van der Waals surface area contributed by atoms with Crippen LogP contribution < -0.4 is 5.69 Å². The van der Waals surface area contributed by atoms with E-state index in [1.165, 1.54) is 17.5 Å². The van der Waals surface area contributed by atoms with Gasteiger partial charge in [-0.3, -0.25) is 4.90 Å². The standard InChI is InChI=1S/C22H22N4O/c27-22-25(18-10-9-17-24-15-7-8-16-24)23-21(19-11-3-1-4-12-19)26(22)20-13-5-2-6-14-20/h1-6,11-14H,7-8,15-18H2. The Labute approximate surface area is 158 Å². The van der Waals surface area contributed by atoms with Crippen LogP contribution in [0.5, 0.6) is 0 Å². The van der Waals surface area contributed by atoms with Gasteiger partial charge in [-0.2, -0.15) is 0 Å². The lowest BCUT2D eigenvalue weighted by atomic mass is 10.2. The fraction of sp³-hybridized carbons (Fsp3) is 0.273.